The summed E-state index contributed by atoms with van der Waals surface area (Å²) in [7, 11) is 1.83. The van der Waals surface area contributed by atoms with Gasteiger partial charge in [0.15, 0.2) is 4.67 Å². The van der Waals surface area contributed by atoms with Crippen molar-refractivity contribution in [3.05, 3.63) is 22.6 Å². The van der Waals surface area contributed by atoms with Gasteiger partial charge in [-0.3, -0.25) is 4.79 Å². The summed E-state index contributed by atoms with van der Waals surface area (Å²) in [5.41, 5.74) is 0. The van der Waals surface area contributed by atoms with Crippen LogP contribution in [0.4, 0.5) is 0 Å². The molecule has 1 amide bonds. The third-order valence-corrected chi connectivity index (χ3v) is 3.47. The Morgan fingerprint density at radius 3 is 3.06 bits per heavy atom. The fourth-order valence-electron chi connectivity index (χ4n) is 2.12. The first-order chi connectivity index (χ1) is 8.16. The van der Waals surface area contributed by atoms with Crippen molar-refractivity contribution >= 4 is 21.8 Å². The zero-order valence-corrected chi connectivity index (χ0v) is 11.5. The summed E-state index contributed by atoms with van der Waals surface area (Å²) in [5, 5.41) is 3.26. The molecule has 0 saturated carbocycles. The Kier molecular flexibility index (Phi) is 4.23. The van der Waals surface area contributed by atoms with Crippen LogP contribution in [0.25, 0.3) is 0 Å². The van der Waals surface area contributed by atoms with Crippen molar-refractivity contribution in [3.63, 3.8) is 0 Å². The van der Waals surface area contributed by atoms with Crippen LogP contribution < -0.4 is 5.32 Å². The SMILES string of the molecule is CN(Cc1ccc(Br)o1)C(=O)[C@@H]1CCCNC1. The third kappa shape index (κ3) is 3.33. The Labute approximate surface area is 109 Å². The van der Waals surface area contributed by atoms with Crippen LogP contribution in [0.15, 0.2) is 21.2 Å². The van der Waals surface area contributed by atoms with Gasteiger partial charge in [-0.15, -0.1) is 0 Å². The first kappa shape index (κ1) is 12.6. The molecule has 1 aromatic rings. The third-order valence-electron chi connectivity index (χ3n) is 3.04. The van der Waals surface area contributed by atoms with Gasteiger partial charge >= 0.3 is 0 Å². The molecule has 0 unspecified atom stereocenters. The number of rotatable bonds is 3. The second kappa shape index (κ2) is 5.69. The van der Waals surface area contributed by atoms with Crippen LogP contribution in [-0.2, 0) is 11.3 Å². The fraction of sp³-hybridized carbons (Fsp3) is 0.583. The van der Waals surface area contributed by atoms with Gasteiger partial charge in [0.2, 0.25) is 5.91 Å². The van der Waals surface area contributed by atoms with Gasteiger partial charge in [-0.25, -0.2) is 0 Å². The van der Waals surface area contributed by atoms with Crippen LogP contribution in [0, 0.1) is 5.92 Å². The van der Waals surface area contributed by atoms with Crippen LogP contribution in [0.2, 0.25) is 0 Å². The molecule has 1 aromatic heterocycles. The van der Waals surface area contributed by atoms with Crippen LogP contribution >= 0.6 is 15.9 Å². The average molecular weight is 301 g/mol. The van der Waals surface area contributed by atoms with E-state index in [2.05, 4.69) is 21.2 Å². The minimum Gasteiger partial charge on any atom is -0.452 e. The largest absolute Gasteiger partial charge is 0.452 e. The van der Waals surface area contributed by atoms with Gasteiger partial charge < -0.3 is 14.6 Å². The highest BCUT2D eigenvalue weighted by Gasteiger charge is 2.24. The molecule has 2 rings (SSSR count). The van der Waals surface area contributed by atoms with Gasteiger partial charge in [-0.05, 0) is 47.4 Å². The Morgan fingerprint density at radius 2 is 2.47 bits per heavy atom. The standard InChI is InChI=1S/C12H17BrN2O2/c1-15(8-10-4-5-11(13)17-10)12(16)9-3-2-6-14-7-9/h4-5,9,14H,2-3,6-8H2,1H3/t9-/m1/s1. The summed E-state index contributed by atoms with van der Waals surface area (Å²) >= 11 is 3.26. The summed E-state index contributed by atoms with van der Waals surface area (Å²) in [6, 6.07) is 3.72. The van der Waals surface area contributed by atoms with Crippen LogP contribution in [-0.4, -0.2) is 30.9 Å². The number of carbonyl (C=O) groups excluding carboxylic acids is 1. The lowest BCUT2D eigenvalue weighted by Crippen LogP contribution is -2.41. The highest BCUT2D eigenvalue weighted by Crippen LogP contribution is 2.17. The van der Waals surface area contributed by atoms with Gasteiger partial charge in [0.25, 0.3) is 0 Å². The number of hydrogen-bond donors (Lipinski definition) is 1. The predicted octanol–water partition coefficient (Wildman–Crippen LogP) is 2.00. The number of amides is 1. The number of nitrogens with one attached hydrogen (secondary N) is 1. The van der Waals surface area contributed by atoms with Crippen LogP contribution in [0.3, 0.4) is 0 Å². The van der Waals surface area contributed by atoms with E-state index < -0.39 is 0 Å². The summed E-state index contributed by atoms with van der Waals surface area (Å²) < 4.78 is 6.10. The molecule has 94 valence electrons. The lowest BCUT2D eigenvalue weighted by molar-refractivity contribution is -0.135. The molecule has 0 aromatic carbocycles. The monoisotopic (exact) mass is 300 g/mol. The number of halogens is 1. The number of nitrogens with zero attached hydrogens (tertiary/aromatic N) is 1. The van der Waals surface area contributed by atoms with E-state index >= 15 is 0 Å². The Hall–Kier alpha value is -0.810. The van der Waals surface area contributed by atoms with E-state index in [9.17, 15) is 4.79 Å². The number of piperidine rings is 1. The van der Waals surface area contributed by atoms with Crippen molar-refractivity contribution in [1.82, 2.24) is 10.2 Å². The highest BCUT2D eigenvalue weighted by atomic mass is 79.9. The summed E-state index contributed by atoms with van der Waals surface area (Å²) in [6.07, 6.45) is 2.06. The quantitative estimate of drug-likeness (QED) is 0.929. The number of furan rings is 1. The summed E-state index contributed by atoms with van der Waals surface area (Å²) in [4.78, 5) is 13.9. The van der Waals surface area contributed by atoms with Crippen LogP contribution in [0.5, 0.6) is 0 Å². The maximum absolute atomic E-state index is 12.1. The Bertz CT molecular complexity index is 386. The molecule has 17 heavy (non-hydrogen) atoms. The Morgan fingerprint density at radius 1 is 1.65 bits per heavy atom. The lowest BCUT2D eigenvalue weighted by Gasteiger charge is -2.26. The average Bonchev–Trinajstić information content (AvgIpc) is 2.75. The van der Waals surface area contributed by atoms with Crippen LogP contribution in [0.1, 0.15) is 18.6 Å². The topological polar surface area (TPSA) is 45.5 Å². The highest BCUT2D eigenvalue weighted by molar-refractivity contribution is 9.10. The molecule has 1 aliphatic heterocycles. The predicted molar refractivity (Wildman–Crippen MR) is 68.5 cm³/mol. The van der Waals surface area contributed by atoms with E-state index in [-0.39, 0.29) is 11.8 Å². The summed E-state index contributed by atoms with van der Waals surface area (Å²) in [6.45, 7) is 2.35. The molecule has 1 atom stereocenters. The smallest absolute Gasteiger partial charge is 0.227 e. The molecule has 2 heterocycles. The van der Waals surface area contributed by atoms with E-state index in [0.717, 1.165) is 31.7 Å². The number of hydrogen-bond acceptors (Lipinski definition) is 3. The van der Waals surface area contributed by atoms with Crippen molar-refractivity contribution in [1.29, 1.82) is 0 Å². The van der Waals surface area contributed by atoms with Gasteiger partial charge in [-0.2, -0.15) is 0 Å². The fourth-order valence-corrected chi connectivity index (χ4v) is 2.46. The molecule has 1 fully saturated rings. The van der Waals surface area contributed by atoms with E-state index in [1.165, 1.54) is 0 Å². The first-order valence-corrected chi connectivity index (χ1v) is 6.66. The molecule has 4 nitrogen and oxygen atoms in total. The minimum atomic E-state index is 0.118. The maximum atomic E-state index is 12.1. The molecular formula is C12H17BrN2O2. The van der Waals surface area contributed by atoms with Crippen molar-refractivity contribution in [2.75, 3.05) is 20.1 Å². The normalized spacial score (nSPS) is 20.2. The molecule has 0 spiro atoms. The molecular weight excluding hydrogens is 284 g/mol. The minimum absolute atomic E-state index is 0.118. The van der Waals surface area contributed by atoms with E-state index in [1.807, 2.05) is 19.2 Å². The van der Waals surface area contributed by atoms with E-state index in [0.29, 0.717) is 11.2 Å². The lowest BCUT2D eigenvalue weighted by atomic mass is 9.98. The molecule has 0 radical (unpaired) electrons. The molecule has 1 aliphatic rings. The second-order valence-electron chi connectivity index (χ2n) is 4.44. The number of carbonyl (C=O) groups is 1. The second-order valence-corrected chi connectivity index (χ2v) is 5.22. The van der Waals surface area contributed by atoms with Gasteiger partial charge in [0, 0.05) is 13.6 Å². The van der Waals surface area contributed by atoms with Crippen molar-refractivity contribution in [3.8, 4) is 0 Å². The van der Waals surface area contributed by atoms with Crippen molar-refractivity contribution in [2.45, 2.75) is 19.4 Å². The van der Waals surface area contributed by atoms with Crippen molar-refractivity contribution < 1.29 is 9.21 Å². The van der Waals surface area contributed by atoms with Crippen molar-refractivity contribution in [2.24, 2.45) is 5.92 Å². The summed E-state index contributed by atoms with van der Waals surface area (Å²) in [5.74, 6) is 1.12. The molecule has 1 N–H and O–H groups in total. The molecule has 5 heteroatoms. The molecule has 0 bridgehead atoms. The Balaban J connectivity index is 1.90. The van der Waals surface area contributed by atoms with Gasteiger partial charge in [0.1, 0.15) is 5.76 Å². The first-order valence-electron chi connectivity index (χ1n) is 5.86. The van der Waals surface area contributed by atoms with Gasteiger partial charge in [0.05, 0.1) is 12.5 Å². The van der Waals surface area contributed by atoms with Gasteiger partial charge in [-0.1, -0.05) is 0 Å². The zero-order chi connectivity index (χ0) is 12.3. The molecule has 0 aliphatic carbocycles. The van der Waals surface area contributed by atoms with E-state index in [4.69, 9.17) is 4.42 Å². The van der Waals surface area contributed by atoms with E-state index in [1.54, 1.807) is 4.90 Å². The zero-order valence-electron chi connectivity index (χ0n) is 9.91. The molecule has 1 saturated heterocycles. The maximum Gasteiger partial charge on any atom is 0.227 e.